The number of benzene rings is 3. The Morgan fingerprint density at radius 3 is 1.90 bits per heavy atom. The Labute approximate surface area is 382 Å². The van der Waals surface area contributed by atoms with Crippen molar-refractivity contribution in [3.63, 3.8) is 0 Å². The van der Waals surface area contributed by atoms with E-state index in [1.807, 2.05) is 0 Å². The molecule has 328 valence electrons. The highest BCUT2D eigenvalue weighted by atomic mass is 15.2. The molecule has 0 bridgehead atoms. The van der Waals surface area contributed by atoms with Gasteiger partial charge < -0.3 is 9.80 Å². The summed E-state index contributed by atoms with van der Waals surface area (Å²) in [6.45, 7) is 31.5. The minimum absolute atomic E-state index is 0.0318. The molecule has 0 amide bonds. The van der Waals surface area contributed by atoms with Gasteiger partial charge in [-0.05, 0) is 112 Å². The third kappa shape index (κ3) is 7.72. The van der Waals surface area contributed by atoms with Crippen molar-refractivity contribution in [1.29, 1.82) is 0 Å². The van der Waals surface area contributed by atoms with Gasteiger partial charge in [-0.1, -0.05) is 210 Å². The van der Waals surface area contributed by atoms with Gasteiger partial charge in [-0.2, -0.15) is 0 Å². The zero-order valence-electron chi connectivity index (χ0n) is 41.0. The number of allylic oxidation sites excluding steroid dienone is 11. The first-order valence-corrected chi connectivity index (χ1v) is 24.4. The van der Waals surface area contributed by atoms with Gasteiger partial charge in [0, 0.05) is 40.0 Å². The Hall–Kier alpha value is -4.50. The van der Waals surface area contributed by atoms with Crippen molar-refractivity contribution in [2.45, 2.75) is 162 Å². The zero-order valence-corrected chi connectivity index (χ0v) is 41.0. The van der Waals surface area contributed by atoms with Crippen molar-refractivity contribution < 1.29 is 0 Å². The van der Waals surface area contributed by atoms with Crippen LogP contribution in [0.4, 0.5) is 11.4 Å². The van der Waals surface area contributed by atoms with Gasteiger partial charge in [0.1, 0.15) is 0 Å². The van der Waals surface area contributed by atoms with Gasteiger partial charge in [0.25, 0.3) is 0 Å². The zero-order chi connectivity index (χ0) is 44.9. The fraction of sp³-hybridized carbons (Fsp3) is 0.467. The molecule has 4 aliphatic carbocycles. The second kappa shape index (κ2) is 15.6. The monoisotopic (exact) mass is 835 g/mol. The summed E-state index contributed by atoms with van der Waals surface area (Å²) in [5.74, 6) is 0.898. The van der Waals surface area contributed by atoms with Crippen molar-refractivity contribution in [3.8, 4) is 0 Å². The third-order valence-electron chi connectivity index (χ3n) is 16.2. The molecule has 63 heavy (non-hydrogen) atoms. The summed E-state index contributed by atoms with van der Waals surface area (Å²) in [5.41, 5.74) is 16.3. The fourth-order valence-corrected chi connectivity index (χ4v) is 12.3. The molecule has 0 aromatic heterocycles. The Bertz CT molecular complexity index is 2460. The lowest BCUT2D eigenvalue weighted by Gasteiger charge is -2.61. The molecule has 0 N–H and O–H groups in total. The van der Waals surface area contributed by atoms with Crippen molar-refractivity contribution in [1.82, 2.24) is 4.90 Å². The SMILES string of the molecule is CC(C)(C)C1=CC2B3c4cc(C(C)(C)C)ccc4N(c4ccc(C(C)(C)C)cc4)C4CC(C(C)(C5=CC=CCC5)c5ccccc5)C=C(C34)N(C3=CC=C(C(C)(C)C)CC3)C2C=C1. The van der Waals surface area contributed by atoms with E-state index in [-0.39, 0.29) is 45.1 Å². The molecular formula is C60H75BN2. The van der Waals surface area contributed by atoms with Crippen LogP contribution >= 0.6 is 0 Å². The first kappa shape index (κ1) is 43.7. The predicted molar refractivity (Wildman–Crippen MR) is 273 cm³/mol. The van der Waals surface area contributed by atoms with Crippen LogP contribution in [-0.4, -0.2) is 23.7 Å². The van der Waals surface area contributed by atoms with E-state index in [2.05, 4.69) is 227 Å². The molecule has 2 aliphatic heterocycles. The van der Waals surface area contributed by atoms with Gasteiger partial charge in [-0.15, -0.1) is 0 Å². The minimum atomic E-state index is -0.178. The van der Waals surface area contributed by atoms with Crippen LogP contribution in [0.2, 0.25) is 11.6 Å². The second-order valence-corrected chi connectivity index (χ2v) is 24.2. The molecule has 3 aromatic rings. The van der Waals surface area contributed by atoms with E-state index in [0.717, 1.165) is 32.1 Å². The number of nitrogens with zero attached hydrogens (tertiary/aromatic N) is 2. The van der Waals surface area contributed by atoms with Crippen LogP contribution in [0.25, 0.3) is 0 Å². The van der Waals surface area contributed by atoms with Crippen LogP contribution in [-0.2, 0) is 16.2 Å². The largest absolute Gasteiger partial charge is 0.343 e. The number of fused-ring (bicyclic) bond motifs is 4. The van der Waals surface area contributed by atoms with Crippen LogP contribution in [0.5, 0.6) is 0 Å². The Balaban J connectivity index is 1.35. The normalized spacial score (nSPS) is 25.8. The summed E-state index contributed by atoms with van der Waals surface area (Å²) in [4.78, 5) is 5.75. The lowest BCUT2D eigenvalue weighted by atomic mass is 9.23. The van der Waals surface area contributed by atoms with E-state index < -0.39 is 0 Å². The second-order valence-electron chi connectivity index (χ2n) is 24.2. The van der Waals surface area contributed by atoms with Gasteiger partial charge >= 0.3 is 0 Å². The maximum absolute atomic E-state index is 2.91. The molecule has 6 atom stereocenters. The highest BCUT2D eigenvalue weighted by Gasteiger charge is 2.59. The van der Waals surface area contributed by atoms with E-state index in [9.17, 15) is 0 Å². The fourth-order valence-electron chi connectivity index (χ4n) is 12.3. The molecule has 6 unspecified atom stereocenters. The molecule has 2 heterocycles. The van der Waals surface area contributed by atoms with Crippen LogP contribution in [0.1, 0.15) is 139 Å². The molecule has 1 fully saturated rings. The van der Waals surface area contributed by atoms with Crippen LogP contribution in [0.3, 0.4) is 0 Å². The van der Waals surface area contributed by atoms with Crippen molar-refractivity contribution in [3.05, 3.63) is 172 Å². The maximum atomic E-state index is 2.91. The first-order valence-electron chi connectivity index (χ1n) is 24.4. The summed E-state index contributed by atoms with van der Waals surface area (Å²) < 4.78 is 0. The molecule has 3 heteroatoms. The lowest BCUT2D eigenvalue weighted by molar-refractivity contribution is 0.255. The van der Waals surface area contributed by atoms with E-state index in [1.54, 1.807) is 16.8 Å². The standard InChI is InChI=1S/C60H75BN2/c1-56(2,3)40-24-30-47(31-25-40)62-51-34-28-44(58(7,8)9)36-49(51)61-50-37-45(59(10,11)12)29-35-52(50)63(48-32-26-41(27-33-48)57(4,5)6)54-39-46(38-53(62)55(54)61)60(13,42-20-16-14-17-21-42)43-22-18-15-19-23-43/h14-18,20-22,24-26,28-32,34-37,39,46,50,52-53,55H,19,23,27,33,38H2,1-13H3. The minimum Gasteiger partial charge on any atom is -0.343 e. The summed E-state index contributed by atoms with van der Waals surface area (Å²) >= 11 is 0. The summed E-state index contributed by atoms with van der Waals surface area (Å²) in [6.07, 6.45) is 28.3. The van der Waals surface area contributed by atoms with Gasteiger partial charge in [0.05, 0.1) is 6.04 Å². The molecule has 0 radical (unpaired) electrons. The van der Waals surface area contributed by atoms with E-state index in [4.69, 9.17) is 0 Å². The molecule has 2 nitrogen and oxygen atoms in total. The van der Waals surface area contributed by atoms with Crippen molar-refractivity contribution >= 4 is 23.6 Å². The molecule has 3 aromatic carbocycles. The van der Waals surface area contributed by atoms with E-state index in [0.29, 0.717) is 18.3 Å². The van der Waals surface area contributed by atoms with Gasteiger partial charge in [0.2, 0.25) is 0 Å². The summed E-state index contributed by atoms with van der Waals surface area (Å²) in [7, 11) is 0. The molecule has 1 saturated heterocycles. The van der Waals surface area contributed by atoms with Crippen LogP contribution in [0, 0.1) is 16.7 Å². The Morgan fingerprint density at radius 1 is 0.603 bits per heavy atom. The number of hydrogen-bond donors (Lipinski definition) is 0. The molecule has 0 saturated carbocycles. The van der Waals surface area contributed by atoms with E-state index in [1.165, 1.54) is 44.8 Å². The van der Waals surface area contributed by atoms with Gasteiger partial charge in [-0.3, -0.25) is 0 Å². The molecule has 9 rings (SSSR count). The molecule has 6 aliphatic rings. The Kier molecular flexibility index (Phi) is 10.8. The average Bonchev–Trinajstić information content (AvgIpc) is 3.25. The number of rotatable bonds is 5. The molecule has 0 spiro atoms. The van der Waals surface area contributed by atoms with Crippen molar-refractivity contribution in [2.24, 2.45) is 16.7 Å². The third-order valence-corrected chi connectivity index (χ3v) is 16.2. The number of anilines is 2. The van der Waals surface area contributed by atoms with E-state index >= 15 is 0 Å². The van der Waals surface area contributed by atoms with Gasteiger partial charge in [0.15, 0.2) is 6.71 Å². The quantitative estimate of drug-likeness (QED) is 0.236. The smallest absolute Gasteiger partial charge is 0.200 e. The maximum Gasteiger partial charge on any atom is 0.200 e. The highest BCUT2D eigenvalue weighted by Crippen LogP contribution is 2.60. The highest BCUT2D eigenvalue weighted by molar-refractivity contribution is 6.79. The lowest BCUT2D eigenvalue weighted by Crippen LogP contribution is -2.65. The first-order chi connectivity index (χ1) is 29.7. The van der Waals surface area contributed by atoms with Crippen LogP contribution < -0.4 is 10.4 Å². The van der Waals surface area contributed by atoms with Crippen molar-refractivity contribution in [2.75, 3.05) is 4.90 Å². The van der Waals surface area contributed by atoms with Crippen LogP contribution in [0.15, 0.2) is 156 Å². The van der Waals surface area contributed by atoms with Gasteiger partial charge in [-0.25, -0.2) is 0 Å². The number of hydrogen-bond acceptors (Lipinski definition) is 2. The topological polar surface area (TPSA) is 6.48 Å². The summed E-state index contributed by atoms with van der Waals surface area (Å²) in [5, 5.41) is 0. The average molecular weight is 835 g/mol. The Morgan fingerprint density at radius 2 is 1.30 bits per heavy atom. The molecular weight excluding hydrogens is 759 g/mol. The predicted octanol–water partition coefficient (Wildman–Crippen LogP) is 15.3. The summed E-state index contributed by atoms with van der Waals surface area (Å²) in [6, 6.07) is 29.4.